The highest BCUT2D eigenvalue weighted by Gasteiger charge is 2.37. The lowest BCUT2D eigenvalue weighted by atomic mass is 10.0. The van der Waals surface area contributed by atoms with Crippen molar-refractivity contribution in [1.29, 1.82) is 0 Å². The van der Waals surface area contributed by atoms with Gasteiger partial charge in [-0.3, -0.25) is 0 Å². The first-order valence-electron chi connectivity index (χ1n) is 6.43. The molecule has 0 aromatic rings. The average Bonchev–Trinajstić information content (AvgIpc) is 2.76. The van der Waals surface area contributed by atoms with Gasteiger partial charge in [-0.05, 0) is 31.6 Å². The molecule has 1 N–H and O–H groups in total. The molecule has 4 atom stereocenters. The van der Waals surface area contributed by atoms with E-state index in [1.807, 2.05) is 0 Å². The normalized spacial score (nSPS) is 40.4. The maximum Gasteiger partial charge on any atom is 0.151 e. The predicted octanol–water partition coefficient (Wildman–Crippen LogP) is 1.73. The summed E-state index contributed by atoms with van der Waals surface area (Å²) < 4.78 is 23.3. The summed E-state index contributed by atoms with van der Waals surface area (Å²) in [5.41, 5.74) is 0. The summed E-state index contributed by atoms with van der Waals surface area (Å²) in [6.45, 7) is 2.27. The SMILES string of the molecule is CC1CCCC1NC1CCCC1S(C)(=O)=O. The maximum absolute atomic E-state index is 11.7. The summed E-state index contributed by atoms with van der Waals surface area (Å²) in [5, 5.41) is 3.47. The van der Waals surface area contributed by atoms with Crippen LogP contribution in [0.2, 0.25) is 0 Å². The van der Waals surface area contributed by atoms with E-state index < -0.39 is 9.84 Å². The molecule has 0 heterocycles. The molecular weight excluding hydrogens is 222 g/mol. The van der Waals surface area contributed by atoms with Gasteiger partial charge in [-0.25, -0.2) is 8.42 Å². The lowest BCUT2D eigenvalue weighted by Gasteiger charge is -2.26. The zero-order valence-electron chi connectivity index (χ0n) is 10.3. The summed E-state index contributed by atoms with van der Waals surface area (Å²) in [5.74, 6) is 0.709. The third-order valence-electron chi connectivity index (χ3n) is 4.29. The summed E-state index contributed by atoms with van der Waals surface area (Å²) in [7, 11) is -2.87. The first kappa shape index (κ1) is 12.4. The standard InChI is InChI=1S/C12H23NO2S/c1-9-5-3-6-10(9)13-11-7-4-8-12(11)16(2,14)15/h9-13H,3-8H2,1-2H3. The van der Waals surface area contributed by atoms with Crippen molar-refractivity contribution in [2.75, 3.05) is 6.26 Å². The topological polar surface area (TPSA) is 46.2 Å². The van der Waals surface area contributed by atoms with Gasteiger partial charge in [-0.1, -0.05) is 19.8 Å². The van der Waals surface area contributed by atoms with Gasteiger partial charge >= 0.3 is 0 Å². The molecule has 2 aliphatic carbocycles. The molecule has 94 valence electrons. The molecule has 2 saturated carbocycles. The van der Waals surface area contributed by atoms with E-state index in [2.05, 4.69) is 12.2 Å². The molecule has 2 rings (SSSR count). The average molecular weight is 245 g/mol. The Morgan fingerprint density at radius 2 is 1.62 bits per heavy atom. The zero-order valence-corrected chi connectivity index (χ0v) is 11.1. The van der Waals surface area contributed by atoms with Crippen molar-refractivity contribution in [2.24, 2.45) is 5.92 Å². The Labute approximate surface area is 98.9 Å². The minimum Gasteiger partial charge on any atom is -0.310 e. The fourth-order valence-corrected chi connectivity index (χ4v) is 4.70. The quantitative estimate of drug-likeness (QED) is 0.823. The molecule has 0 aliphatic heterocycles. The van der Waals surface area contributed by atoms with Gasteiger partial charge in [0.05, 0.1) is 5.25 Å². The van der Waals surface area contributed by atoms with Crippen LogP contribution >= 0.6 is 0 Å². The van der Waals surface area contributed by atoms with E-state index in [0.717, 1.165) is 19.3 Å². The minimum absolute atomic E-state index is 0.139. The van der Waals surface area contributed by atoms with E-state index in [4.69, 9.17) is 0 Å². The van der Waals surface area contributed by atoms with E-state index >= 15 is 0 Å². The van der Waals surface area contributed by atoms with Crippen LogP contribution in [0.1, 0.15) is 45.4 Å². The first-order chi connectivity index (χ1) is 7.48. The van der Waals surface area contributed by atoms with Crippen LogP contribution in [-0.2, 0) is 9.84 Å². The van der Waals surface area contributed by atoms with E-state index in [0.29, 0.717) is 12.0 Å². The monoisotopic (exact) mass is 245 g/mol. The Morgan fingerprint density at radius 1 is 1.00 bits per heavy atom. The Kier molecular flexibility index (Phi) is 3.59. The number of rotatable bonds is 3. The van der Waals surface area contributed by atoms with Crippen molar-refractivity contribution in [3.63, 3.8) is 0 Å². The smallest absolute Gasteiger partial charge is 0.151 e. The van der Waals surface area contributed by atoms with E-state index in [1.54, 1.807) is 0 Å². The lowest BCUT2D eigenvalue weighted by molar-refractivity contribution is 0.373. The number of nitrogens with one attached hydrogen (secondary N) is 1. The second-order valence-corrected chi connectivity index (χ2v) is 7.85. The molecule has 3 nitrogen and oxygen atoms in total. The second-order valence-electron chi connectivity index (χ2n) is 5.59. The van der Waals surface area contributed by atoms with Crippen molar-refractivity contribution >= 4 is 9.84 Å². The highest BCUT2D eigenvalue weighted by atomic mass is 32.2. The van der Waals surface area contributed by atoms with Gasteiger partial charge < -0.3 is 5.32 Å². The minimum atomic E-state index is -2.87. The highest BCUT2D eigenvalue weighted by Crippen LogP contribution is 2.30. The molecule has 2 aliphatic rings. The number of sulfone groups is 1. The van der Waals surface area contributed by atoms with Crippen molar-refractivity contribution in [2.45, 2.75) is 62.8 Å². The third kappa shape index (κ3) is 2.59. The molecule has 0 saturated heterocycles. The highest BCUT2D eigenvalue weighted by molar-refractivity contribution is 7.91. The van der Waals surface area contributed by atoms with Gasteiger partial charge in [0.15, 0.2) is 9.84 Å². The van der Waals surface area contributed by atoms with Gasteiger partial charge in [0.1, 0.15) is 0 Å². The fourth-order valence-electron chi connectivity index (χ4n) is 3.30. The molecule has 0 radical (unpaired) electrons. The van der Waals surface area contributed by atoms with Crippen LogP contribution in [0.3, 0.4) is 0 Å². The second kappa shape index (κ2) is 4.65. The van der Waals surface area contributed by atoms with Crippen LogP contribution in [0.5, 0.6) is 0 Å². The molecule has 4 heteroatoms. The van der Waals surface area contributed by atoms with Crippen molar-refractivity contribution in [1.82, 2.24) is 5.32 Å². The van der Waals surface area contributed by atoms with Crippen molar-refractivity contribution in [3.05, 3.63) is 0 Å². The zero-order chi connectivity index (χ0) is 11.8. The van der Waals surface area contributed by atoms with E-state index in [-0.39, 0.29) is 11.3 Å². The van der Waals surface area contributed by atoms with Gasteiger partial charge in [0, 0.05) is 18.3 Å². The van der Waals surface area contributed by atoms with Gasteiger partial charge in [-0.2, -0.15) is 0 Å². The Hall–Kier alpha value is -0.0900. The first-order valence-corrected chi connectivity index (χ1v) is 8.39. The molecule has 0 aromatic carbocycles. The predicted molar refractivity (Wildman–Crippen MR) is 66.2 cm³/mol. The Balaban J connectivity index is 1.98. The van der Waals surface area contributed by atoms with Gasteiger partial charge in [0.2, 0.25) is 0 Å². The molecule has 0 aromatic heterocycles. The molecular formula is C12H23NO2S. The fraction of sp³-hybridized carbons (Fsp3) is 1.00. The third-order valence-corrected chi connectivity index (χ3v) is 5.96. The van der Waals surface area contributed by atoms with Gasteiger partial charge in [0.25, 0.3) is 0 Å². The summed E-state index contributed by atoms with van der Waals surface area (Å²) in [4.78, 5) is 0. The molecule has 16 heavy (non-hydrogen) atoms. The van der Waals surface area contributed by atoms with E-state index in [9.17, 15) is 8.42 Å². The van der Waals surface area contributed by atoms with Gasteiger partial charge in [-0.15, -0.1) is 0 Å². The van der Waals surface area contributed by atoms with Crippen LogP contribution < -0.4 is 5.32 Å². The molecule has 2 fully saturated rings. The largest absolute Gasteiger partial charge is 0.310 e. The summed E-state index contributed by atoms with van der Waals surface area (Å²) in [6.07, 6.45) is 8.10. The van der Waals surface area contributed by atoms with Crippen LogP contribution in [0.25, 0.3) is 0 Å². The van der Waals surface area contributed by atoms with E-state index in [1.165, 1.54) is 25.5 Å². The molecule has 0 bridgehead atoms. The van der Waals surface area contributed by atoms with Crippen LogP contribution in [0.4, 0.5) is 0 Å². The van der Waals surface area contributed by atoms with Crippen LogP contribution in [0.15, 0.2) is 0 Å². The van der Waals surface area contributed by atoms with Crippen molar-refractivity contribution in [3.8, 4) is 0 Å². The van der Waals surface area contributed by atoms with Crippen LogP contribution in [0, 0.1) is 5.92 Å². The maximum atomic E-state index is 11.7. The number of hydrogen-bond donors (Lipinski definition) is 1. The van der Waals surface area contributed by atoms with Crippen molar-refractivity contribution < 1.29 is 8.42 Å². The van der Waals surface area contributed by atoms with Crippen LogP contribution in [-0.4, -0.2) is 32.0 Å². The lowest BCUT2D eigenvalue weighted by Crippen LogP contribution is -2.46. The molecule has 4 unspecified atom stereocenters. The molecule has 0 spiro atoms. The number of hydrogen-bond acceptors (Lipinski definition) is 3. The molecule has 0 amide bonds. The summed E-state index contributed by atoms with van der Waals surface area (Å²) in [6, 6.07) is 0.757. The Bertz CT molecular complexity index is 339. The Morgan fingerprint density at radius 3 is 2.19 bits per heavy atom. The summed E-state index contributed by atoms with van der Waals surface area (Å²) >= 11 is 0.